The SMILES string of the molecule is COCCCN(C)c1nnc(Cl)c2ccccc12. The van der Waals surface area contributed by atoms with Crippen LogP contribution in [0.4, 0.5) is 5.82 Å². The van der Waals surface area contributed by atoms with Gasteiger partial charge in [0.05, 0.1) is 0 Å². The van der Waals surface area contributed by atoms with Gasteiger partial charge >= 0.3 is 0 Å². The molecule has 0 bridgehead atoms. The average Bonchev–Trinajstić information content (AvgIpc) is 2.39. The van der Waals surface area contributed by atoms with E-state index in [0.717, 1.165) is 36.2 Å². The first-order valence-electron chi connectivity index (χ1n) is 5.85. The van der Waals surface area contributed by atoms with Gasteiger partial charge in [0.2, 0.25) is 0 Å². The Morgan fingerprint density at radius 1 is 1.22 bits per heavy atom. The van der Waals surface area contributed by atoms with Crippen LogP contribution in [0.25, 0.3) is 10.8 Å². The number of aromatic nitrogens is 2. The van der Waals surface area contributed by atoms with Crippen LogP contribution in [0.3, 0.4) is 0 Å². The first-order valence-corrected chi connectivity index (χ1v) is 6.23. The zero-order valence-corrected chi connectivity index (χ0v) is 11.3. The predicted molar refractivity (Wildman–Crippen MR) is 74.3 cm³/mol. The first-order chi connectivity index (χ1) is 8.74. The van der Waals surface area contributed by atoms with E-state index in [-0.39, 0.29) is 0 Å². The third kappa shape index (κ3) is 2.71. The summed E-state index contributed by atoms with van der Waals surface area (Å²) in [6.45, 7) is 1.61. The Bertz CT molecular complexity index is 533. The number of halogens is 1. The first kappa shape index (κ1) is 13.1. The number of benzene rings is 1. The van der Waals surface area contributed by atoms with Crippen molar-refractivity contribution in [2.45, 2.75) is 6.42 Å². The van der Waals surface area contributed by atoms with Crippen molar-refractivity contribution >= 4 is 28.2 Å². The summed E-state index contributed by atoms with van der Waals surface area (Å²) in [5, 5.41) is 10.6. The molecule has 0 fully saturated rings. The van der Waals surface area contributed by atoms with E-state index in [2.05, 4.69) is 15.1 Å². The topological polar surface area (TPSA) is 38.2 Å². The van der Waals surface area contributed by atoms with Crippen molar-refractivity contribution < 1.29 is 4.74 Å². The Hall–Kier alpha value is -1.39. The van der Waals surface area contributed by atoms with Gasteiger partial charge in [0.1, 0.15) is 0 Å². The second kappa shape index (κ2) is 5.98. The van der Waals surface area contributed by atoms with Gasteiger partial charge in [0, 0.05) is 38.1 Å². The molecule has 0 saturated carbocycles. The lowest BCUT2D eigenvalue weighted by molar-refractivity contribution is 0.196. The minimum atomic E-state index is 0.444. The number of hydrogen-bond donors (Lipinski definition) is 0. The number of hydrogen-bond acceptors (Lipinski definition) is 4. The highest BCUT2D eigenvalue weighted by atomic mass is 35.5. The number of fused-ring (bicyclic) bond motifs is 1. The lowest BCUT2D eigenvalue weighted by atomic mass is 10.2. The second-order valence-corrected chi connectivity index (χ2v) is 4.49. The number of nitrogens with zero attached hydrogens (tertiary/aromatic N) is 3. The molecule has 1 aromatic carbocycles. The molecule has 0 atom stereocenters. The Morgan fingerprint density at radius 3 is 2.67 bits per heavy atom. The highest BCUT2D eigenvalue weighted by molar-refractivity contribution is 6.34. The van der Waals surface area contributed by atoms with Crippen LogP contribution < -0.4 is 4.90 Å². The van der Waals surface area contributed by atoms with Crippen molar-refractivity contribution in [3.63, 3.8) is 0 Å². The third-order valence-electron chi connectivity index (χ3n) is 2.83. The highest BCUT2D eigenvalue weighted by Gasteiger charge is 2.10. The molecular formula is C13H16ClN3O. The Balaban J connectivity index is 2.30. The minimum Gasteiger partial charge on any atom is -0.385 e. The summed E-state index contributed by atoms with van der Waals surface area (Å²) >= 11 is 6.05. The summed E-state index contributed by atoms with van der Waals surface area (Å²) in [6.07, 6.45) is 0.950. The summed E-state index contributed by atoms with van der Waals surface area (Å²) in [7, 11) is 3.71. The van der Waals surface area contributed by atoms with Gasteiger partial charge in [-0.1, -0.05) is 35.9 Å². The molecule has 0 radical (unpaired) electrons. The van der Waals surface area contributed by atoms with Crippen LogP contribution in [0.1, 0.15) is 6.42 Å². The molecular weight excluding hydrogens is 250 g/mol. The van der Waals surface area contributed by atoms with Crippen LogP contribution in [-0.4, -0.2) is 37.5 Å². The molecule has 0 N–H and O–H groups in total. The molecule has 1 heterocycles. The lowest BCUT2D eigenvalue weighted by Gasteiger charge is -2.19. The van der Waals surface area contributed by atoms with Gasteiger partial charge in [-0.15, -0.1) is 10.2 Å². The maximum absolute atomic E-state index is 6.05. The maximum Gasteiger partial charge on any atom is 0.159 e. The highest BCUT2D eigenvalue weighted by Crippen LogP contribution is 2.27. The average molecular weight is 266 g/mol. The number of rotatable bonds is 5. The van der Waals surface area contributed by atoms with Crippen LogP contribution in [0.2, 0.25) is 5.15 Å². The summed E-state index contributed by atoms with van der Waals surface area (Å²) in [4.78, 5) is 2.07. The summed E-state index contributed by atoms with van der Waals surface area (Å²) < 4.78 is 5.05. The number of ether oxygens (including phenoxy) is 1. The molecule has 96 valence electrons. The van der Waals surface area contributed by atoms with E-state index in [4.69, 9.17) is 16.3 Å². The van der Waals surface area contributed by atoms with E-state index in [1.807, 2.05) is 31.3 Å². The standard InChI is InChI=1S/C13H16ClN3O/c1-17(8-5-9-18-2)13-11-7-4-3-6-10(11)12(14)15-16-13/h3-4,6-7H,5,8-9H2,1-2H3. The van der Waals surface area contributed by atoms with Gasteiger partial charge < -0.3 is 9.64 Å². The molecule has 1 aromatic heterocycles. The van der Waals surface area contributed by atoms with Crippen molar-refractivity contribution in [1.29, 1.82) is 0 Å². The molecule has 18 heavy (non-hydrogen) atoms. The summed E-state index contributed by atoms with van der Waals surface area (Å²) in [6, 6.07) is 7.90. The van der Waals surface area contributed by atoms with Gasteiger partial charge in [-0.3, -0.25) is 0 Å². The van der Waals surface area contributed by atoms with E-state index in [9.17, 15) is 0 Å². The minimum absolute atomic E-state index is 0.444. The Morgan fingerprint density at radius 2 is 1.94 bits per heavy atom. The van der Waals surface area contributed by atoms with E-state index >= 15 is 0 Å². The van der Waals surface area contributed by atoms with Crippen molar-refractivity contribution in [2.75, 3.05) is 32.2 Å². The van der Waals surface area contributed by atoms with E-state index in [1.54, 1.807) is 7.11 Å². The molecule has 2 aromatic rings. The molecule has 0 unspecified atom stereocenters. The van der Waals surface area contributed by atoms with Crippen molar-refractivity contribution in [3.05, 3.63) is 29.4 Å². The molecule has 0 amide bonds. The van der Waals surface area contributed by atoms with Gasteiger partial charge in [0.25, 0.3) is 0 Å². The molecule has 4 nitrogen and oxygen atoms in total. The maximum atomic E-state index is 6.05. The smallest absolute Gasteiger partial charge is 0.159 e. The summed E-state index contributed by atoms with van der Waals surface area (Å²) in [5.41, 5.74) is 0. The molecule has 0 aliphatic carbocycles. The Kier molecular flexibility index (Phi) is 4.33. The molecule has 0 saturated heterocycles. The fourth-order valence-corrected chi connectivity index (χ4v) is 2.09. The van der Waals surface area contributed by atoms with Crippen LogP contribution in [-0.2, 0) is 4.74 Å². The monoisotopic (exact) mass is 265 g/mol. The summed E-state index contributed by atoms with van der Waals surface area (Å²) in [5.74, 6) is 0.853. The van der Waals surface area contributed by atoms with Crippen LogP contribution in [0.5, 0.6) is 0 Å². The van der Waals surface area contributed by atoms with Gasteiger partial charge in [-0.2, -0.15) is 0 Å². The molecule has 2 rings (SSSR count). The molecule has 5 heteroatoms. The largest absolute Gasteiger partial charge is 0.385 e. The fourth-order valence-electron chi connectivity index (χ4n) is 1.89. The molecule has 0 spiro atoms. The van der Waals surface area contributed by atoms with Crippen molar-refractivity contribution in [2.24, 2.45) is 0 Å². The lowest BCUT2D eigenvalue weighted by Crippen LogP contribution is -2.21. The third-order valence-corrected chi connectivity index (χ3v) is 3.11. The second-order valence-electron chi connectivity index (χ2n) is 4.13. The molecule has 0 aliphatic heterocycles. The van der Waals surface area contributed by atoms with E-state index in [0.29, 0.717) is 5.15 Å². The van der Waals surface area contributed by atoms with Crippen LogP contribution in [0, 0.1) is 0 Å². The van der Waals surface area contributed by atoms with Crippen LogP contribution in [0.15, 0.2) is 24.3 Å². The van der Waals surface area contributed by atoms with Crippen molar-refractivity contribution in [1.82, 2.24) is 10.2 Å². The zero-order valence-electron chi connectivity index (χ0n) is 10.6. The van der Waals surface area contributed by atoms with Crippen LogP contribution >= 0.6 is 11.6 Å². The quantitative estimate of drug-likeness (QED) is 0.779. The number of methoxy groups -OCH3 is 1. The van der Waals surface area contributed by atoms with E-state index in [1.165, 1.54) is 0 Å². The fraction of sp³-hybridized carbons (Fsp3) is 0.385. The molecule has 0 aliphatic rings. The number of anilines is 1. The Labute approximate surface area is 112 Å². The van der Waals surface area contributed by atoms with Gasteiger partial charge in [-0.25, -0.2) is 0 Å². The normalized spacial score (nSPS) is 10.8. The van der Waals surface area contributed by atoms with E-state index < -0.39 is 0 Å². The zero-order chi connectivity index (χ0) is 13.0. The van der Waals surface area contributed by atoms with Gasteiger partial charge in [0.15, 0.2) is 11.0 Å². The van der Waals surface area contributed by atoms with Gasteiger partial charge in [-0.05, 0) is 6.42 Å². The predicted octanol–water partition coefficient (Wildman–Crippen LogP) is 2.76. The van der Waals surface area contributed by atoms with Crippen molar-refractivity contribution in [3.8, 4) is 0 Å².